The van der Waals surface area contributed by atoms with Gasteiger partial charge in [-0.1, -0.05) is 0 Å². The van der Waals surface area contributed by atoms with Gasteiger partial charge in [0.1, 0.15) is 0 Å². The van der Waals surface area contributed by atoms with Gasteiger partial charge >= 0.3 is 0 Å². The first-order valence-electron chi connectivity index (χ1n) is 4.12. The molecule has 2 rings (SSSR count). The van der Waals surface area contributed by atoms with Gasteiger partial charge in [-0.3, -0.25) is 4.79 Å². The molecule has 70 valence electrons. The molecule has 0 saturated carbocycles. The summed E-state index contributed by atoms with van der Waals surface area (Å²) in [6, 6.07) is 0.427. The average molecular weight is 191 g/mol. The van der Waals surface area contributed by atoms with E-state index in [0.717, 1.165) is 19.5 Å². The molecular formula is C8H15ClN2O. The highest BCUT2D eigenvalue weighted by molar-refractivity contribution is 5.85. The summed E-state index contributed by atoms with van der Waals surface area (Å²) in [5.41, 5.74) is 0.284. The second kappa shape index (κ2) is 2.89. The summed E-state index contributed by atoms with van der Waals surface area (Å²) in [4.78, 5) is 13.2. The zero-order chi connectivity index (χ0) is 8.06. The molecule has 0 aliphatic carbocycles. The Kier molecular flexibility index (Phi) is 2.36. The summed E-state index contributed by atoms with van der Waals surface area (Å²) < 4.78 is 0. The summed E-state index contributed by atoms with van der Waals surface area (Å²) in [5.74, 6) is 0.305. The van der Waals surface area contributed by atoms with Gasteiger partial charge in [0.15, 0.2) is 0 Å². The van der Waals surface area contributed by atoms with E-state index in [-0.39, 0.29) is 17.8 Å². The Balaban J connectivity index is 0.000000720. The molecule has 2 heterocycles. The lowest BCUT2D eigenvalue weighted by atomic mass is 9.75. The van der Waals surface area contributed by atoms with Gasteiger partial charge in [-0.2, -0.15) is 0 Å². The number of carbonyl (C=O) groups is 1. The van der Waals surface area contributed by atoms with E-state index in [4.69, 9.17) is 0 Å². The fourth-order valence-electron chi connectivity index (χ4n) is 2.07. The number of halogens is 1. The molecule has 0 radical (unpaired) electrons. The summed E-state index contributed by atoms with van der Waals surface area (Å²) in [7, 11) is 1.90. The molecule has 0 aromatic heterocycles. The Morgan fingerprint density at radius 2 is 2.17 bits per heavy atom. The van der Waals surface area contributed by atoms with Gasteiger partial charge in [0.05, 0.1) is 0 Å². The first kappa shape index (κ1) is 9.81. The van der Waals surface area contributed by atoms with E-state index in [1.54, 1.807) is 0 Å². The lowest BCUT2D eigenvalue weighted by molar-refractivity contribution is -0.127. The SMILES string of the molecule is CC1N(C)C(=O)CC12CNC2.Cl. The summed E-state index contributed by atoms with van der Waals surface area (Å²) in [5, 5.41) is 3.24. The largest absolute Gasteiger partial charge is 0.342 e. The van der Waals surface area contributed by atoms with Crippen LogP contribution >= 0.6 is 12.4 Å². The van der Waals surface area contributed by atoms with Gasteiger partial charge in [0, 0.05) is 38.0 Å². The zero-order valence-corrected chi connectivity index (χ0v) is 8.28. The molecule has 3 nitrogen and oxygen atoms in total. The maximum atomic E-state index is 11.3. The third kappa shape index (κ3) is 1.04. The van der Waals surface area contributed by atoms with Gasteiger partial charge in [-0.05, 0) is 6.92 Å². The minimum absolute atomic E-state index is 0. The summed E-state index contributed by atoms with van der Waals surface area (Å²) in [6.45, 7) is 4.18. The van der Waals surface area contributed by atoms with Crippen LogP contribution in [0.3, 0.4) is 0 Å². The fraction of sp³-hybridized carbons (Fsp3) is 0.875. The van der Waals surface area contributed by atoms with Crippen molar-refractivity contribution < 1.29 is 4.79 Å². The predicted molar refractivity (Wildman–Crippen MR) is 49.4 cm³/mol. The lowest BCUT2D eigenvalue weighted by Gasteiger charge is -2.42. The van der Waals surface area contributed by atoms with Gasteiger partial charge < -0.3 is 10.2 Å². The molecule has 2 saturated heterocycles. The number of amides is 1. The van der Waals surface area contributed by atoms with Crippen LogP contribution in [-0.2, 0) is 4.79 Å². The molecule has 2 fully saturated rings. The van der Waals surface area contributed by atoms with E-state index in [9.17, 15) is 4.79 Å². The maximum absolute atomic E-state index is 11.3. The summed E-state index contributed by atoms with van der Waals surface area (Å²) >= 11 is 0. The molecule has 2 aliphatic rings. The molecule has 0 bridgehead atoms. The van der Waals surface area contributed by atoms with Gasteiger partial charge in [0.25, 0.3) is 0 Å². The van der Waals surface area contributed by atoms with E-state index in [0.29, 0.717) is 11.9 Å². The molecule has 1 atom stereocenters. The minimum Gasteiger partial charge on any atom is -0.342 e. The fourth-order valence-corrected chi connectivity index (χ4v) is 2.07. The number of nitrogens with one attached hydrogen (secondary N) is 1. The molecular weight excluding hydrogens is 176 g/mol. The van der Waals surface area contributed by atoms with Crippen molar-refractivity contribution in [1.82, 2.24) is 10.2 Å². The molecule has 4 heteroatoms. The number of nitrogens with zero attached hydrogens (tertiary/aromatic N) is 1. The van der Waals surface area contributed by atoms with E-state index in [1.807, 2.05) is 11.9 Å². The molecule has 1 amide bonds. The Morgan fingerprint density at radius 3 is 2.33 bits per heavy atom. The van der Waals surface area contributed by atoms with E-state index < -0.39 is 0 Å². The van der Waals surface area contributed by atoms with Crippen molar-refractivity contribution in [3.8, 4) is 0 Å². The molecule has 1 N–H and O–H groups in total. The van der Waals surface area contributed by atoms with Crippen molar-refractivity contribution in [2.24, 2.45) is 5.41 Å². The lowest BCUT2D eigenvalue weighted by Crippen LogP contribution is -2.58. The second-order valence-corrected chi connectivity index (χ2v) is 3.82. The summed E-state index contributed by atoms with van der Waals surface area (Å²) in [6.07, 6.45) is 0.748. The standard InChI is InChI=1S/C8H14N2O.ClH/c1-6-8(4-9-5-8)3-7(11)10(6)2;/h6,9H,3-5H2,1-2H3;1H. The second-order valence-electron chi connectivity index (χ2n) is 3.82. The highest BCUT2D eigenvalue weighted by Gasteiger charge is 2.51. The first-order valence-corrected chi connectivity index (χ1v) is 4.12. The van der Waals surface area contributed by atoms with Crippen molar-refractivity contribution in [3.63, 3.8) is 0 Å². The molecule has 2 aliphatic heterocycles. The highest BCUT2D eigenvalue weighted by atomic mass is 35.5. The van der Waals surface area contributed by atoms with Crippen LogP contribution in [0.4, 0.5) is 0 Å². The maximum Gasteiger partial charge on any atom is 0.223 e. The monoisotopic (exact) mass is 190 g/mol. The molecule has 1 unspecified atom stereocenters. The zero-order valence-electron chi connectivity index (χ0n) is 7.46. The third-order valence-corrected chi connectivity index (χ3v) is 3.32. The normalized spacial score (nSPS) is 31.7. The smallest absolute Gasteiger partial charge is 0.223 e. The van der Waals surface area contributed by atoms with Gasteiger partial charge in [-0.15, -0.1) is 12.4 Å². The average Bonchev–Trinajstić information content (AvgIpc) is 2.12. The topological polar surface area (TPSA) is 32.3 Å². The third-order valence-electron chi connectivity index (χ3n) is 3.32. The van der Waals surface area contributed by atoms with Gasteiger partial charge in [-0.25, -0.2) is 0 Å². The number of likely N-dealkylation sites (tertiary alicyclic amines) is 1. The van der Waals surface area contributed by atoms with Crippen LogP contribution in [-0.4, -0.2) is 37.0 Å². The van der Waals surface area contributed by atoms with Crippen molar-refractivity contribution in [2.75, 3.05) is 20.1 Å². The Bertz CT molecular complexity index is 203. The van der Waals surface area contributed by atoms with Crippen molar-refractivity contribution >= 4 is 18.3 Å². The van der Waals surface area contributed by atoms with Crippen LogP contribution in [0.25, 0.3) is 0 Å². The molecule has 0 aromatic rings. The Hall–Kier alpha value is -0.280. The van der Waals surface area contributed by atoms with Crippen molar-refractivity contribution in [3.05, 3.63) is 0 Å². The molecule has 12 heavy (non-hydrogen) atoms. The molecule has 0 aromatic carbocycles. The van der Waals surface area contributed by atoms with Crippen LogP contribution in [0.2, 0.25) is 0 Å². The van der Waals surface area contributed by atoms with Crippen molar-refractivity contribution in [2.45, 2.75) is 19.4 Å². The number of carbonyl (C=O) groups excluding carboxylic acids is 1. The van der Waals surface area contributed by atoms with Crippen LogP contribution in [0, 0.1) is 5.41 Å². The first-order chi connectivity index (χ1) is 5.16. The number of hydrogen-bond acceptors (Lipinski definition) is 2. The number of hydrogen-bond donors (Lipinski definition) is 1. The van der Waals surface area contributed by atoms with E-state index in [2.05, 4.69) is 12.2 Å². The van der Waals surface area contributed by atoms with Crippen LogP contribution in [0.15, 0.2) is 0 Å². The number of rotatable bonds is 0. The van der Waals surface area contributed by atoms with Crippen LogP contribution in [0.1, 0.15) is 13.3 Å². The van der Waals surface area contributed by atoms with Crippen molar-refractivity contribution in [1.29, 1.82) is 0 Å². The molecule has 1 spiro atoms. The Labute approximate surface area is 78.9 Å². The predicted octanol–water partition coefficient (Wildman–Crippen LogP) is 0.248. The van der Waals surface area contributed by atoms with Crippen LogP contribution < -0.4 is 5.32 Å². The Morgan fingerprint density at radius 1 is 1.58 bits per heavy atom. The van der Waals surface area contributed by atoms with Crippen LogP contribution in [0.5, 0.6) is 0 Å². The van der Waals surface area contributed by atoms with E-state index in [1.165, 1.54) is 0 Å². The quantitative estimate of drug-likeness (QED) is 0.594. The van der Waals surface area contributed by atoms with Gasteiger partial charge in [0.2, 0.25) is 5.91 Å². The van der Waals surface area contributed by atoms with E-state index >= 15 is 0 Å². The highest BCUT2D eigenvalue weighted by Crippen LogP contribution is 2.39. The minimum atomic E-state index is 0.